The molecule has 0 atom stereocenters. The van der Waals surface area contributed by atoms with E-state index in [1.165, 1.54) is 18.2 Å². The van der Waals surface area contributed by atoms with Crippen LogP contribution in [-0.4, -0.2) is 12.0 Å². The van der Waals surface area contributed by atoms with Crippen molar-refractivity contribution in [2.75, 3.05) is 0 Å². The third kappa shape index (κ3) is 2.06. The van der Waals surface area contributed by atoms with Crippen LogP contribution in [0.3, 0.4) is 0 Å². The van der Waals surface area contributed by atoms with Crippen LogP contribution in [0.1, 0.15) is 10.6 Å². The zero-order valence-corrected chi connectivity index (χ0v) is 8.25. The van der Waals surface area contributed by atoms with E-state index in [2.05, 4.69) is 0 Å². The molecule has 0 fully saturated rings. The summed E-state index contributed by atoms with van der Waals surface area (Å²) in [5, 5.41) is 0.131. The highest BCUT2D eigenvalue weighted by Gasteiger charge is 2.41. The Labute approximate surface area is 92.5 Å². The van der Waals surface area contributed by atoms with Gasteiger partial charge in [0, 0.05) is 6.07 Å². The Bertz CT molecular complexity index is 640. The predicted octanol–water partition coefficient (Wildman–Crippen LogP) is 2.54. The molecule has 0 saturated carbocycles. The van der Waals surface area contributed by atoms with Crippen LogP contribution in [0.15, 0.2) is 39.5 Å². The lowest BCUT2D eigenvalue weighted by Gasteiger charge is -2.04. The quantitative estimate of drug-likeness (QED) is 0.722. The molecule has 1 aromatic carbocycles. The lowest BCUT2D eigenvalue weighted by Crippen LogP contribution is -2.23. The predicted molar refractivity (Wildman–Crippen MR) is 52.9 cm³/mol. The van der Waals surface area contributed by atoms with E-state index in [0.717, 1.165) is 0 Å². The molecule has 0 radical (unpaired) electrons. The van der Waals surface area contributed by atoms with Crippen LogP contribution in [0.5, 0.6) is 0 Å². The number of halogens is 3. The van der Waals surface area contributed by atoms with Crippen molar-refractivity contribution in [2.45, 2.75) is 6.18 Å². The first kappa shape index (κ1) is 11.4. The SMILES string of the molecule is O=C(c1cc(=O)c2ccccc2o1)C(F)(F)F. The van der Waals surface area contributed by atoms with Gasteiger partial charge in [0.2, 0.25) is 0 Å². The summed E-state index contributed by atoms with van der Waals surface area (Å²) < 4.78 is 41.2. The number of carbonyl (C=O) groups excluding carboxylic acids is 1. The lowest BCUT2D eigenvalue weighted by molar-refractivity contribution is -0.0899. The number of para-hydroxylation sites is 1. The van der Waals surface area contributed by atoms with E-state index in [4.69, 9.17) is 4.42 Å². The first-order valence-electron chi connectivity index (χ1n) is 4.54. The summed E-state index contributed by atoms with van der Waals surface area (Å²) in [5.74, 6) is -3.17. The summed E-state index contributed by atoms with van der Waals surface area (Å²) in [6.07, 6.45) is -5.06. The van der Waals surface area contributed by atoms with Crippen molar-refractivity contribution in [1.82, 2.24) is 0 Å². The zero-order valence-electron chi connectivity index (χ0n) is 8.25. The van der Waals surface area contributed by atoms with Crippen LogP contribution in [0.4, 0.5) is 13.2 Å². The Kier molecular flexibility index (Phi) is 2.49. The van der Waals surface area contributed by atoms with Gasteiger partial charge in [0.1, 0.15) is 5.58 Å². The van der Waals surface area contributed by atoms with Crippen LogP contribution < -0.4 is 5.43 Å². The largest absolute Gasteiger partial charge is 0.458 e. The third-order valence-electron chi connectivity index (χ3n) is 2.12. The molecule has 88 valence electrons. The molecule has 6 heteroatoms. The normalized spacial score (nSPS) is 11.7. The van der Waals surface area contributed by atoms with Crippen LogP contribution in [-0.2, 0) is 0 Å². The highest BCUT2D eigenvalue weighted by molar-refractivity contribution is 5.98. The number of rotatable bonds is 1. The molecular weight excluding hydrogens is 237 g/mol. The summed E-state index contributed by atoms with van der Waals surface area (Å²) in [7, 11) is 0. The Morgan fingerprint density at radius 3 is 2.47 bits per heavy atom. The second-order valence-corrected chi connectivity index (χ2v) is 3.30. The third-order valence-corrected chi connectivity index (χ3v) is 2.12. The van der Waals surface area contributed by atoms with Crippen molar-refractivity contribution in [1.29, 1.82) is 0 Å². The maximum Gasteiger partial charge on any atom is 0.458 e. The fraction of sp³-hybridized carbons (Fsp3) is 0.0909. The summed E-state index contributed by atoms with van der Waals surface area (Å²) >= 11 is 0. The molecule has 0 bridgehead atoms. The molecule has 0 aliphatic heterocycles. The Morgan fingerprint density at radius 2 is 1.82 bits per heavy atom. The van der Waals surface area contributed by atoms with Gasteiger partial charge in [-0.05, 0) is 12.1 Å². The molecule has 0 aliphatic carbocycles. The van der Waals surface area contributed by atoms with E-state index >= 15 is 0 Å². The summed E-state index contributed by atoms with van der Waals surface area (Å²) in [4.78, 5) is 22.4. The number of Topliss-reactive ketones (excluding diaryl/α,β-unsaturated/α-hetero) is 1. The minimum absolute atomic E-state index is 0.0485. The molecule has 3 nitrogen and oxygen atoms in total. The van der Waals surface area contributed by atoms with Gasteiger partial charge in [-0.25, -0.2) is 0 Å². The highest BCUT2D eigenvalue weighted by Crippen LogP contribution is 2.22. The van der Waals surface area contributed by atoms with Gasteiger partial charge in [-0.15, -0.1) is 0 Å². The number of alkyl halides is 3. The van der Waals surface area contributed by atoms with Gasteiger partial charge < -0.3 is 4.42 Å². The number of hydrogen-bond donors (Lipinski definition) is 0. The zero-order chi connectivity index (χ0) is 12.6. The van der Waals surface area contributed by atoms with E-state index in [1.54, 1.807) is 6.07 Å². The molecule has 0 aliphatic rings. The fourth-order valence-electron chi connectivity index (χ4n) is 1.36. The van der Waals surface area contributed by atoms with Gasteiger partial charge in [-0.1, -0.05) is 12.1 Å². The standard InChI is InChI=1S/C11H5F3O3/c12-11(13,14)10(16)9-5-7(15)6-3-1-2-4-8(6)17-9/h1-5H. The molecule has 0 unspecified atom stereocenters. The summed E-state index contributed by atoms with van der Waals surface area (Å²) in [6, 6.07) is 6.32. The molecule has 1 aromatic heterocycles. The van der Waals surface area contributed by atoms with Crippen molar-refractivity contribution in [2.24, 2.45) is 0 Å². The first-order chi connectivity index (χ1) is 7.89. The summed E-state index contributed by atoms with van der Waals surface area (Å²) in [5.41, 5.74) is -0.730. The van der Waals surface area contributed by atoms with Gasteiger partial charge in [0.15, 0.2) is 11.2 Å². The Morgan fingerprint density at radius 1 is 1.18 bits per heavy atom. The van der Waals surface area contributed by atoms with E-state index in [0.29, 0.717) is 6.07 Å². The molecule has 2 rings (SSSR count). The fourth-order valence-corrected chi connectivity index (χ4v) is 1.36. The maximum atomic E-state index is 12.2. The van der Waals surface area contributed by atoms with Gasteiger partial charge in [-0.3, -0.25) is 9.59 Å². The van der Waals surface area contributed by atoms with E-state index in [9.17, 15) is 22.8 Å². The van der Waals surface area contributed by atoms with E-state index in [1.807, 2.05) is 0 Å². The van der Waals surface area contributed by atoms with Crippen molar-refractivity contribution in [3.63, 3.8) is 0 Å². The second-order valence-electron chi connectivity index (χ2n) is 3.30. The van der Waals surface area contributed by atoms with Crippen LogP contribution in [0.25, 0.3) is 11.0 Å². The summed E-state index contributed by atoms with van der Waals surface area (Å²) in [6.45, 7) is 0. The second kappa shape index (κ2) is 3.73. The lowest BCUT2D eigenvalue weighted by atomic mass is 10.2. The minimum Gasteiger partial charge on any atom is -0.452 e. The number of benzene rings is 1. The smallest absolute Gasteiger partial charge is 0.452 e. The van der Waals surface area contributed by atoms with Crippen molar-refractivity contribution in [3.8, 4) is 0 Å². The molecular formula is C11H5F3O3. The van der Waals surface area contributed by atoms with Gasteiger partial charge in [0.05, 0.1) is 5.39 Å². The number of fused-ring (bicyclic) bond motifs is 1. The van der Waals surface area contributed by atoms with Gasteiger partial charge in [0.25, 0.3) is 0 Å². The first-order valence-corrected chi connectivity index (χ1v) is 4.54. The minimum atomic E-state index is -5.06. The average Bonchev–Trinajstić information content (AvgIpc) is 2.27. The molecule has 0 N–H and O–H groups in total. The monoisotopic (exact) mass is 242 g/mol. The average molecular weight is 242 g/mol. The van der Waals surface area contributed by atoms with Crippen molar-refractivity contribution < 1.29 is 22.4 Å². The molecule has 2 aromatic rings. The van der Waals surface area contributed by atoms with Crippen LogP contribution in [0.2, 0.25) is 0 Å². The number of carbonyl (C=O) groups is 1. The molecule has 0 saturated heterocycles. The van der Waals surface area contributed by atoms with Crippen molar-refractivity contribution >= 4 is 16.8 Å². The molecule has 17 heavy (non-hydrogen) atoms. The number of ketones is 1. The van der Waals surface area contributed by atoms with Crippen LogP contribution >= 0.6 is 0 Å². The number of hydrogen-bond acceptors (Lipinski definition) is 3. The maximum absolute atomic E-state index is 12.2. The van der Waals surface area contributed by atoms with E-state index in [-0.39, 0.29) is 11.0 Å². The Hall–Kier alpha value is -2.11. The van der Waals surface area contributed by atoms with Gasteiger partial charge >= 0.3 is 12.0 Å². The molecule has 1 heterocycles. The Balaban J connectivity index is 2.66. The highest BCUT2D eigenvalue weighted by atomic mass is 19.4. The van der Waals surface area contributed by atoms with Crippen molar-refractivity contribution in [3.05, 3.63) is 46.3 Å². The van der Waals surface area contributed by atoms with Crippen LogP contribution in [0, 0.1) is 0 Å². The molecule has 0 spiro atoms. The van der Waals surface area contributed by atoms with E-state index < -0.39 is 23.1 Å². The molecule has 0 amide bonds. The van der Waals surface area contributed by atoms with Gasteiger partial charge in [-0.2, -0.15) is 13.2 Å². The topological polar surface area (TPSA) is 47.3 Å².